The number of aryl methyl sites for hydroxylation is 2. The van der Waals surface area contributed by atoms with Crippen molar-refractivity contribution in [3.05, 3.63) is 100 Å². The number of hydrogen-bond acceptors (Lipinski definition) is 0. The Morgan fingerprint density at radius 1 is 0.719 bits per heavy atom. The van der Waals surface area contributed by atoms with Crippen LogP contribution in [-0.2, 0) is 19.0 Å². The topological polar surface area (TPSA) is 0 Å². The number of alkyl halides is 3. The minimum atomic E-state index is -5.09. The van der Waals surface area contributed by atoms with Gasteiger partial charge in [-0.2, -0.15) is 13.2 Å². The van der Waals surface area contributed by atoms with E-state index in [1.165, 1.54) is 19.1 Å². The summed E-state index contributed by atoms with van der Waals surface area (Å²) in [5.41, 5.74) is 0.835. The molecule has 0 spiro atoms. The first-order chi connectivity index (χ1) is 15.1. The molecule has 0 saturated heterocycles. The van der Waals surface area contributed by atoms with Crippen LogP contribution >= 0.6 is 0 Å². The Morgan fingerprint density at radius 2 is 1.19 bits per heavy atom. The number of rotatable bonds is 6. The number of hydrogen-bond donors (Lipinski definition) is 0. The predicted molar refractivity (Wildman–Crippen MR) is 110 cm³/mol. The van der Waals surface area contributed by atoms with Crippen molar-refractivity contribution in [2.24, 2.45) is 0 Å². The third-order valence-corrected chi connectivity index (χ3v) is 5.06. The van der Waals surface area contributed by atoms with Gasteiger partial charge in [0, 0.05) is 5.56 Å². The summed E-state index contributed by atoms with van der Waals surface area (Å²) in [7, 11) is 0. The summed E-state index contributed by atoms with van der Waals surface area (Å²) in [4.78, 5) is 0. The molecule has 0 fully saturated rings. The van der Waals surface area contributed by atoms with Gasteiger partial charge in [-0.05, 0) is 53.6 Å². The fraction of sp³-hybridized carbons (Fsp3) is 0.200. The van der Waals surface area contributed by atoms with Gasteiger partial charge in [0.25, 0.3) is 0 Å². The van der Waals surface area contributed by atoms with E-state index in [2.05, 4.69) is 0 Å². The second-order valence-electron chi connectivity index (χ2n) is 7.28. The van der Waals surface area contributed by atoms with Gasteiger partial charge < -0.3 is 0 Å². The van der Waals surface area contributed by atoms with E-state index in [1.54, 1.807) is 36.4 Å². The molecule has 0 saturated carbocycles. The second kappa shape index (κ2) is 9.59. The Bertz CT molecular complexity index is 1090. The Balaban J connectivity index is 1.69. The fourth-order valence-corrected chi connectivity index (χ4v) is 3.31. The van der Waals surface area contributed by atoms with E-state index in [0.717, 1.165) is 16.7 Å². The second-order valence-corrected chi connectivity index (χ2v) is 7.28. The molecule has 0 unspecified atom stereocenters. The van der Waals surface area contributed by atoms with Gasteiger partial charge in [0.05, 0.1) is 0 Å². The molecule has 3 aromatic carbocycles. The van der Waals surface area contributed by atoms with Gasteiger partial charge in [0.1, 0.15) is 23.0 Å². The highest BCUT2D eigenvalue weighted by Crippen LogP contribution is 2.34. The molecule has 7 heteroatoms. The molecular weight excluding hydrogens is 433 g/mol. The average Bonchev–Trinajstić information content (AvgIpc) is 2.75. The van der Waals surface area contributed by atoms with Gasteiger partial charge in [0.2, 0.25) is 0 Å². The summed E-state index contributed by atoms with van der Waals surface area (Å²) in [5, 5.41) is 0. The Hall–Kier alpha value is -3.09. The highest BCUT2D eigenvalue weighted by Gasteiger charge is 2.37. The normalized spacial score (nSPS) is 12.6. The molecule has 0 radical (unpaired) electrons. The molecule has 0 bridgehead atoms. The van der Waals surface area contributed by atoms with Crippen molar-refractivity contribution >= 4 is 5.83 Å². The molecule has 0 aliphatic carbocycles. The maximum atomic E-state index is 13.9. The molecule has 3 rings (SSSR count). The minimum Gasteiger partial charge on any atom is -0.209 e. The van der Waals surface area contributed by atoms with Crippen molar-refractivity contribution in [3.63, 3.8) is 0 Å². The van der Waals surface area contributed by atoms with Gasteiger partial charge in [0.15, 0.2) is 5.83 Å². The smallest absolute Gasteiger partial charge is 0.209 e. The predicted octanol–water partition coefficient (Wildman–Crippen LogP) is 8.45. The van der Waals surface area contributed by atoms with Gasteiger partial charge in [-0.25, -0.2) is 17.6 Å². The van der Waals surface area contributed by atoms with Gasteiger partial charge >= 0.3 is 6.18 Å². The van der Waals surface area contributed by atoms with Crippen LogP contribution in [0.15, 0.2) is 66.5 Å². The standard InChI is InChI=1S/C25H19F7/c1-2-20(26)24(29)19-11-9-18(10-12-19)17-7-5-15(6-8-17)3-4-16-13-21(27)23(22(28)14-16)25(30,31)32/h5-14H,2-4H2,1H3/b24-20+. The monoisotopic (exact) mass is 452 g/mol. The largest absolute Gasteiger partial charge is 0.422 e. The van der Waals surface area contributed by atoms with Crippen LogP contribution in [0.2, 0.25) is 0 Å². The molecular formula is C25H19F7. The van der Waals surface area contributed by atoms with Crippen molar-refractivity contribution in [3.8, 4) is 11.1 Å². The van der Waals surface area contributed by atoms with Gasteiger partial charge in [-0.15, -0.1) is 0 Å². The Labute approximate surface area is 181 Å². The van der Waals surface area contributed by atoms with E-state index in [0.29, 0.717) is 18.6 Å². The summed E-state index contributed by atoms with van der Waals surface area (Å²) in [6.45, 7) is 1.52. The molecule has 0 nitrogen and oxygen atoms in total. The van der Waals surface area contributed by atoms with Crippen LogP contribution in [0.1, 0.15) is 35.6 Å². The van der Waals surface area contributed by atoms with Crippen LogP contribution in [-0.4, -0.2) is 0 Å². The summed E-state index contributed by atoms with van der Waals surface area (Å²) < 4.78 is 92.7. The van der Waals surface area contributed by atoms with Crippen LogP contribution < -0.4 is 0 Å². The third-order valence-electron chi connectivity index (χ3n) is 5.06. The molecule has 3 aromatic rings. The van der Waals surface area contributed by atoms with Gasteiger partial charge in [-0.1, -0.05) is 55.5 Å². The van der Waals surface area contributed by atoms with Gasteiger partial charge in [-0.3, -0.25) is 0 Å². The van der Waals surface area contributed by atoms with E-state index >= 15 is 0 Å². The molecule has 0 N–H and O–H groups in total. The van der Waals surface area contributed by atoms with Crippen LogP contribution in [0.25, 0.3) is 17.0 Å². The lowest BCUT2D eigenvalue weighted by molar-refractivity contribution is -0.142. The van der Waals surface area contributed by atoms with E-state index < -0.39 is 35.0 Å². The number of benzene rings is 3. The molecule has 0 aromatic heterocycles. The molecule has 0 amide bonds. The molecule has 168 valence electrons. The minimum absolute atomic E-state index is 0.0270. The Kier molecular flexibility index (Phi) is 7.06. The van der Waals surface area contributed by atoms with Crippen LogP contribution in [0.3, 0.4) is 0 Å². The van der Waals surface area contributed by atoms with Crippen molar-refractivity contribution in [1.82, 2.24) is 0 Å². The van der Waals surface area contributed by atoms with E-state index in [4.69, 9.17) is 0 Å². The van der Waals surface area contributed by atoms with Crippen molar-refractivity contribution in [2.45, 2.75) is 32.4 Å². The quantitative estimate of drug-likeness (QED) is 0.329. The zero-order chi connectivity index (χ0) is 23.5. The lowest BCUT2D eigenvalue weighted by atomic mass is 9.99. The molecule has 0 aliphatic heterocycles. The van der Waals surface area contributed by atoms with Crippen molar-refractivity contribution in [1.29, 1.82) is 0 Å². The van der Waals surface area contributed by atoms with Crippen molar-refractivity contribution < 1.29 is 30.7 Å². The molecule has 0 atom stereocenters. The SMILES string of the molecule is CC/C(F)=C(\F)c1ccc(-c2ccc(CCc3cc(F)c(C(F)(F)F)c(F)c3)cc2)cc1. The maximum absolute atomic E-state index is 13.9. The number of allylic oxidation sites excluding steroid dienone is 1. The Morgan fingerprint density at radius 3 is 1.66 bits per heavy atom. The molecule has 0 aliphatic rings. The highest BCUT2D eigenvalue weighted by molar-refractivity contribution is 5.68. The summed E-state index contributed by atoms with van der Waals surface area (Å²) in [6.07, 6.45) is -4.59. The fourth-order valence-electron chi connectivity index (χ4n) is 3.31. The van der Waals surface area contributed by atoms with Crippen LogP contribution in [0.4, 0.5) is 30.7 Å². The van der Waals surface area contributed by atoms with Crippen LogP contribution in [0, 0.1) is 11.6 Å². The first kappa shape index (κ1) is 23.6. The molecule has 32 heavy (non-hydrogen) atoms. The zero-order valence-corrected chi connectivity index (χ0v) is 17.0. The maximum Gasteiger partial charge on any atom is 0.422 e. The van der Waals surface area contributed by atoms with E-state index in [-0.39, 0.29) is 24.0 Å². The molecule has 0 heterocycles. The van der Waals surface area contributed by atoms with Crippen molar-refractivity contribution in [2.75, 3.05) is 0 Å². The lowest BCUT2D eigenvalue weighted by Crippen LogP contribution is -2.12. The zero-order valence-electron chi connectivity index (χ0n) is 17.0. The average molecular weight is 452 g/mol. The highest BCUT2D eigenvalue weighted by atomic mass is 19.4. The summed E-state index contributed by atoms with van der Waals surface area (Å²) in [5.74, 6) is -4.95. The summed E-state index contributed by atoms with van der Waals surface area (Å²) in [6, 6.07) is 14.9. The van der Waals surface area contributed by atoms with E-state index in [1.807, 2.05) is 0 Å². The first-order valence-electron chi connectivity index (χ1n) is 9.89. The number of halogens is 7. The van der Waals surface area contributed by atoms with Crippen LogP contribution in [0.5, 0.6) is 0 Å². The first-order valence-corrected chi connectivity index (χ1v) is 9.89. The third kappa shape index (κ3) is 5.39. The lowest BCUT2D eigenvalue weighted by Gasteiger charge is -2.11. The van der Waals surface area contributed by atoms with E-state index in [9.17, 15) is 30.7 Å². The summed E-state index contributed by atoms with van der Waals surface area (Å²) >= 11 is 0.